The Labute approximate surface area is 215 Å². The summed E-state index contributed by atoms with van der Waals surface area (Å²) < 4.78 is 5.06. The molecule has 0 spiro atoms. The zero-order chi connectivity index (χ0) is 24.1. The number of methoxy groups -OCH3 is 1. The molecular weight excluding hydrogens is 493 g/mol. The van der Waals surface area contributed by atoms with E-state index in [0.29, 0.717) is 27.2 Å². The molecule has 1 aliphatic heterocycles. The first-order chi connectivity index (χ1) is 16.4. The van der Waals surface area contributed by atoms with Gasteiger partial charge in [-0.2, -0.15) is 0 Å². The molecule has 0 atom stereocenters. The lowest BCUT2D eigenvalue weighted by molar-refractivity contribution is -0.117. The van der Waals surface area contributed by atoms with Crippen molar-refractivity contribution in [1.82, 2.24) is 9.80 Å². The van der Waals surface area contributed by atoms with Crippen LogP contribution in [0.4, 0.5) is 5.00 Å². The van der Waals surface area contributed by atoms with Gasteiger partial charge in [-0.1, -0.05) is 42.1 Å². The number of carbonyl (C=O) groups is 2. The van der Waals surface area contributed by atoms with Gasteiger partial charge in [0.25, 0.3) is 0 Å². The SMILES string of the molecule is COC(=O)c1c(NC(=O)CN2CCN(Cc3ccc(Cl)c(Cl)c3)CC2)sc2c1CCCCCC2. The number of anilines is 1. The van der Waals surface area contributed by atoms with Crippen molar-refractivity contribution in [2.45, 2.75) is 45.1 Å². The number of nitrogens with zero attached hydrogens (tertiary/aromatic N) is 2. The number of nitrogens with one attached hydrogen (secondary N) is 1. The van der Waals surface area contributed by atoms with E-state index >= 15 is 0 Å². The van der Waals surface area contributed by atoms with Crippen molar-refractivity contribution >= 4 is 51.4 Å². The number of hydrogen-bond donors (Lipinski definition) is 1. The summed E-state index contributed by atoms with van der Waals surface area (Å²) >= 11 is 13.7. The highest BCUT2D eigenvalue weighted by atomic mass is 35.5. The highest BCUT2D eigenvalue weighted by Crippen LogP contribution is 2.37. The van der Waals surface area contributed by atoms with Gasteiger partial charge >= 0.3 is 5.97 Å². The Morgan fingerprint density at radius 2 is 1.71 bits per heavy atom. The standard InChI is InChI=1S/C25H31Cl2N3O3S/c1-33-25(32)23-18-6-4-2-3-5-7-21(18)34-24(23)28-22(31)16-30-12-10-29(11-13-30)15-17-8-9-19(26)20(27)14-17/h8-9,14H,2-7,10-13,15-16H2,1H3,(H,28,31). The number of amides is 1. The smallest absolute Gasteiger partial charge is 0.341 e. The average molecular weight is 525 g/mol. The molecule has 34 heavy (non-hydrogen) atoms. The number of piperazine rings is 1. The number of rotatable bonds is 6. The Balaban J connectivity index is 1.34. The van der Waals surface area contributed by atoms with Crippen molar-refractivity contribution < 1.29 is 14.3 Å². The summed E-state index contributed by atoms with van der Waals surface area (Å²) in [5.41, 5.74) is 2.76. The van der Waals surface area contributed by atoms with Gasteiger partial charge in [0.05, 0.1) is 29.3 Å². The fraction of sp³-hybridized carbons (Fsp3) is 0.520. The maximum Gasteiger partial charge on any atom is 0.341 e. The normalized spacial score (nSPS) is 17.5. The average Bonchev–Trinajstić information content (AvgIpc) is 3.12. The summed E-state index contributed by atoms with van der Waals surface area (Å²) in [6, 6.07) is 5.74. The van der Waals surface area contributed by atoms with Gasteiger partial charge in [0.15, 0.2) is 0 Å². The number of fused-ring (bicyclic) bond motifs is 1. The zero-order valence-corrected chi connectivity index (χ0v) is 21.8. The highest BCUT2D eigenvalue weighted by Gasteiger charge is 2.27. The van der Waals surface area contributed by atoms with E-state index < -0.39 is 0 Å². The number of esters is 1. The van der Waals surface area contributed by atoms with Gasteiger partial charge in [-0.05, 0) is 48.9 Å². The first kappa shape index (κ1) is 25.5. The van der Waals surface area contributed by atoms with E-state index in [4.69, 9.17) is 27.9 Å². The third-order valence-corrected chi connectivity index (χ3v) is 8.48. The van der Waals surface area contributed by atoms with Crippen LogP contribution in [0.25, 0.3) is 0 Å². The lowest BCUT2D eigenvalue weighted by Crippen LogP contribution is -2.48. The van der Waals surface area contributed by atoms with Gasteiger partial charge in [-0.15, -0.1) is 11.3 Å². The summed E-state index contributed by atoms with van der Waals surface area (Å²) in [5.74, 6) is -0.443. The van der Waals surface area contributed by atoms with Gasteiger partial charge in [-0.3, -0.25) is 14.6 Å². The summed E-state index contributed by atoms with van der Waals surface area (Å²) in [4.78, 5) is 31.2. The molecule has 184 valence electrons. The molecule has 0 bridgehead atoms. The molecule has 2 aliphatic rings. The van der Waals surface area contributed by atoms with Crippen LogP contribution in [-0.2, 0) is 28.9 Å². The van der Waals surface area contributed by atoms with Crippen molar-refractivity contribution in [2.24, 2.45) is 0 Å². The molecule has 1 aliphatic carbocycles. The number of halogens is 2. The van der Waals surface area contributed by atoms with Crippen molar-refractivity contribution in [3.8, 4) is 0 Å². The van der Waals surface area contributed by atoms with Crippen LogP contribution in [0.5, 0.6) is 0 Å². The molecule has 1 aromatic heterocycles. The number of ether oxygens (including phenoxy) is 1. The lowest BCUT2D eigenvalue weighted by Gasteiger charge is -2.34. The van der Waals surface area contributed by atoms with E-state index in [0.717, 1.165) is 69.5 Å². The van der Waals surface area contributed by atoms with Crippen LogP contribution in [-0.4, -0.2) is 61.5 Å². The molecule has 1 aromatic carbocycles. The lowest BCUT2D eigenvalue weighted by atomic mass is 9.96. The zero-order valence-electron chi connectivity index (χ0n) is 19.5. The molecule has 0 saturated carbocycles. The van der Waals surface area contributed by atoms with Crippen molar-refractivity contribution in [1.29, 1.82) is 0 Å². The second-order valence-corrected chi connectivity index (χ2v) is 10.9. The molecule has 1 saturated heterocycles. The molecule has 4 rings (SSSR count). The quantitative estimate of drug-likeness (QED) is 0.523. The first-order valence-corrected chi connectivity index (χ1v) is 13.4. The second-order valence-electron chi connectivity index (χ2n) is 8.96. The van der Waals surface area contributed by atoms with Crippen molar-refractivity contribution in [3.63, 3.8) is 0 Å². The fourth-order valence-electron chi connectivity index (χ4n) is 4.70. The van der Waals surface area contributed by atoms with Gasteiger partial charge < -0.3 is 10.1 Å². The summed E-state index contributed by atoms with van der Waals surface area (Å²) in [6.07, 6.45) is 6.40. The van der Waals surface area contributed by atoms with Crippen LogP contribution in [0.1, 0.15) is 52.0 Å². The third kappa shape index (κ3) is 6.32. The number of benzene rings is 1. The van der Waals surface area contributed by atoms with Gasteiger partial charge in [0, 0.05) is 37.6 Å². The van der Waals surface area contributed by atoms with Crippen molar-refractivity contribution in [3.05, 3.63) is 49.8 Å². The van der Waals surface area contributed by atoms with Crippen LogP contribution in [0.15, 0.2) is 18.2 Å². The predicted molar refractivity (Wildman–Crippen MR) is 138 cm³/mol. The highest BCUT2D eigenvalue weighted by molar-refractivity contribution is 7.17. The van der Waals surface area contributed by atoms with Gasteiger partial charge in [0.2, 0.25) is 5.91 Å². The van der Waals surface area contributed by atoms with Crippen LogP contribution in [0, 0.1) is 0 Å². The van der Waals surface area contributed by atoms with Crippen LogP contribution in [0.3, 0.4) is 0 Å². The first-order valence-electron chi connectivity index (χ1n) is 11.9. The predicted octanol–water partition coefficient (Wildman–Crippen LogP) is 5.26. The maximum atomic E-state index is 12.9. The molecule has 1 N–H and O–H groups in total. The van der Waals surface area contributed by atoms with Crippen LogP contribution < -0.4 is 5.32 Å². The molecule has 9 heteroatoms. The molecule has 1 amide bonds. The van der Waals surface area contributed by atoms with Crippen LogP contribution in [0.2, 0.25) is 10.0 Å². The van der Waals surface area contributed by atoms with E-state index in [1.54, 1.807) is 11.3 Å². The summed E-state index contributed by atoms with van der Waals surface area (Å²) in [6.45, 7) is 4.46. The Morgan fingerprint density at radius 1 is 1.00 bits per heavy atom. The number of aryl methyl sites for hydroxylation is 1. The number of hydrogen-bond acceptors (Lipinski definition) is 6. The Bertz CT molecular complexity index is 1030. The fourth-order valence-corrected chi connectivity index (χ4v) is 6.31. The molecule has 2 heterocycles. The molecule has 0 unspecified atom stereocenters. The third-order valence-electron chi connectivity index (χ3n) is 6.54. The van der Waals surface area contributed by atoms with E-state index in [2.05, 4.69) is 15.1 Å². The topological polar surface area (TPSA) is 61.9 Å². The maximum absolute atomic E-state index is 12.9. The molecule has 1 fully saturated rings. The number of carbonyl (C=O) groups excluding carboxylic acids is 2. The second kappa shape index (κ2) is 11.9. The van der Waals surface area contributed by atoms with Crippen molar-refractivity contribution in [2.75, 3.05) is 45.2 Å². The van der Waals surface area contributed by atoms with Gasteiger partial charge in [-0.25, -0.2) is 4.79 Å². The van der Waals surface area contributed by atoms with E-state index in [1.807, 2.05) is 18.2 Å². The summed E-state index contributed by atoms with van der Waals surface area (Å²) in [7, 11) is 1.40. The van der Waals surface area contributed by atoms with E-state index in [9.17, 15) is 9.59 Å². The Morgan fingerprint density at radius 3 is 2.41 bits per heavy atom. The van der Waals surface area contributed by atoms with E-state index in [1.165, 1.54) is 24.8 Å². The minimum absolute atomic E-state index is 0.0858. The molecular formula is C25H31Cl2N3O3S. The van der Waals surface area contributed by atoms with Crippen LogP contribution >= 0.6 is 34.5 Å². The minimum Gasteiger partial charge on any atom is -0.465 e. The molecule has 6 nitrogen and oxygen atoms in total. The Kier molecular flexibility index (Phi) is 8.88. The number of thiophene rings is 1. The molecule has 0 radical (unpaired) electrons. The van der Waals surface area contributed by atoms with Gasteiger partial charge in [0.1, 0.15) is 5.00 Å². The molecule has 2 aromatic rings. The minimum atomic E-state index is -0.357. The largest absolute Gasteiger partial charge is 0.465 e. The summed E-state index contributed by atoms with van der Waals surface area (Å²) in [5, 5.41) is 4.81. The van der Waals surface area contributed by atoms with E-state index in [-0.39, 0.29) is 11.9 Å². The Hall–Kier alpha value is -1.64. The monoisotopic (exact) mass is 523 g/mol.